The molecule has 0 aliphatic carbocycles. The number of carboxylic acids is 1. The van der Waals surface area contributed by atoms with E-state index in [1.807, 2.05) is 36.9 Å². The molecule has 0 amide bonds. The van der Waals surface area contributed by atoms with Crippen LogP contribution in [0.25, 0.3) is 0 Å². The number of carboxylic acid groups (broad SMARTS) is 1. The van der Waals surface area contributed by atoms with Gasteiger partial charge in [-0.25, -0.2) is 0 Å². The minimum atomic E-state index is -0.747. The summed E-state index contributed by atoms with van der Waals surface area (Å²) in [5.74, 6) is -0.661. The number of carbonyl (C=O) groups is 1. The van der Waals surface area contributed by atoms with Crippen LogP contribution in [0.5, 0.6) is 0 Å². The largest absolute Gasteiger partial charge is 0.481 e. The molecule has 0 radical (unpaired) electrons. The Hall–Kier alpha value is -1.25. The molecule has 1 atom stereocenters. The van der Waals surface area contributed by atoms with E-state index < -0.39 is 5.97 Å². The van der Waals surface area contributed by atoms with Crippen molar-refractivity contribution in [2.45, 2.75) is 19.3 Å². The van der Waals surface area contributed by atoms with E-state index in [9.17, 15) is 4.79 Å². The molecule has 0 aliphatic heterocycles. The number of aliphatic carboxylic acids is 1. The van der Waals surface area contributed by atoms with Crippen LogP contribution in [0.3, 0.4) is 0 Å². The van der Waals surface area contributed by atoms with Gasteiger partial charge in [-0.1, -0.05) is 6.92 Å². The fraction of sp³-hybridized carbons (Fsp3) is 0.444. The third kappa shape index (κ3) is 1.87. The molecule has 0 fully saturated rings. The molecule has 1 aromatic heterocycles. The Morgan fingerprint density at radius 2 is 2.42 bits per heavy atom. The maximum Gasteiger partial charge on any atom is 0.304 e. The summed E-state index contributed by atoms with van der Waals surface area (Å²) in [7, 11) is 1.92. The molecule has 66 valence electrons. The van der Waals surface area contributed by atoms with Gasteiger partial charge in [-0.2, -0.15) is 0 Å². The van der Waals surface area contributed by atoms with Gasteiger partial charge in [0.25, 0.3) is 0 Å². The molecule has 0 saturated carbocycles. The second-order valence-electron chi connectivity index (χ2n) is 3.04. The Balaban J connectivity index is 2.71. The van der Waals surface area contributed by atoms with Crippen LogP contribution >= 0.6 is 0 Å². The quantitative estimate of drug-likeness (QED) is 0.743. The van der Waals surface area contributed by atoms with Crippen LogP contribution in [0.1, 0.15) is 25.0 Å². The molecule has 0 spiro atoms. The second-order valence-corrected chi connectivity index (χ2v) is 3.04. The lowest BCUT2D eigenvalue weighted by Crippen LogP contribution is -2.06. The zero-order valence-electron chi connectivity index (χ0n) is 7.32. The fourth-order valence-electron chi connectivity index (χ4n) is 1.35. The number of hydrogen-bond acceptors (Lipinski definition) is 1. The lowest BCUT2D eigenvalue weighted by atomic mass is 10.0. The van der Waals surface area contributed by atoms with Crippen molar-refractivity contribution in [1.82, 2.24) is 4.57 Å². The first kappa shape index (κ1) is 8.84. The first-order valence-corrected chi connectivity index (χ1v) is 3.94. The van der Waals surface area contributed by atoms with E-state index in [1.165, 1.54) is 0 Å². The van der Waals surface area contributed by atoms with Gasteiger partial charge in [0.05, 0.1) is 6.42 Å². The Morgan fingerprint density at radius 1 is 1.75 bits per heavy atom. The lowest BCUT2D eigenvalue weighted by Gasteiger charge is -2.09. The number of aromatic nitrogens is 1. The first-order valence-electron chi connectivity index (χ1n) is 3.94. The van der Waals surface area contributed by atoms with Crippen molar-refractivity contribution >= 4 is 5.97 Å². The molecule has 0 aromatic carbocycles. The molecule has 0 aliphatic rings. The molecule has 0 saturated heterocycles. The van der Waals surface area contributed by atoms with Gasteiger partial charge in [0.2, 0.25) is 0 Å². The topological polar surface area (TPSA) is 42.2 Å². The van der Waals surface area contributed by atoms with Crippen molar-refractivity contribution in [3.05, 3.63) is 24.0 Å². The third-order valence-corrected chi connectivity index (χ3v) is 1.97. The van der Waals surface area contributed by atoms with Gasteiger partial charge in [-0.3, -0.25) is 4.79 Å². The van der Waals surface area contributed by atoms with Crippen molar-refractivity contribution in [2.24, 2.45) is 7.05 Å². The summed E-state index contributed by atoms with van der Waals surface area (Å²) >= 11 is 0. The van der Waals surface area contributed by atoms with Crippen LogP contribution in [0, 0.1) is 0 Å². The van der Waals surface area contributed by atoms with E-state index in [2.05, 4.69) is 0 Å². The van der Waals surface area contributed by atoms with Gasteiger partial charge in [0.1, 0.15) is 0 Å². The van der Waals surface area contributed by atoms with Gasteiger partial charge < -0.3 is 9.67 Å². The van der Waals surface area contributed by atoms with Gasteiger partial charge in [-0.15, -0.1) is 0 Å². The van der Waals surface area contributed by atoms with Gasteiger partial charge in [0, 0.05) is 24.9 Å². The van der Waals surface area contributed by atoms with Crippen LogP contribution in [0.15, 0.2) is 18.3 Å². The molecule has 1 N–H and O–H groups in total. The van der Waals surface area contributed by atoms with Crippen molar-refractivity contribution < 1.29 is 9.90 Å². The molecule has 0 bridgehead atoms. The maximum atomic E-state index is 10.4. The summed E-state index contributed by atoms with van der Waals surface area (Å²) < 4.78 is 1.95. The minimum absolute atomic E-state index is 0.0856. The molecule has 1 unspecified atom stereocenters. The predicted molar refractivity (Wildman–Crippen MR) is 46.1 cm³/mol. The molecular formula is C9H13NO2. The fourth-order valence-corrected chi connectivity index (χ4v) is 1.35. The summed E-state index contributed by atoms with van der Waals surface area (Å²) in [5.41, 5.74) is 1.07. The van der Waals surface area contributed by atoms with Crippen LogP contribution in [0.2, 0.25) is 0 Å². The number of aryl methyl sites for hydroxylation is 1. The Bertz CT molecular complexity index is 278. The highest BCUT2D eigenvalue weighted by molar-refractivity contribution is 5.67. The van der Waals surface area contributed by atoms with Crippen LogP contribution in [-0.2, 0) is 11.8 Å². The summed E-state index contributed by atoms with van der Waals surface area (Å²) in [6, 6.07) is 3.88. The Labute approximate surface area is 71.6 Å². The van der Waals surface area contributed by atoms with Crippen molar-refractivity contribution in [3.63, 3.8) is 0 Å². The van der Waals surface area contributed by atoms with E-state index >= 15 is 0 Å². The van der Waals surface area contributed by atoms with Gasteiger partial charge in [-0.05, 0) is 12.1 Å². The van der Waals surface area contributed by atoms with Gasteiger partial charge in [0.15, 0.2) is 0 Å². The van der Waals surface area contributed by atoms with E-state index in [4.69, 9.17) is 5.11 Å². The molecule has 1 aromatic rings. The van der Waals surface area contributed by atoms with Crippen molar-refractivity contribution in [3.8, 4) is 0 Å². The van der Waals surface area contributed by atoms with Crippen LogP contribution in [-0.4, -0.2) is 15.6 Å². The van der Waals surface area contributed by atoms with E-state index in [1.54, 1.807) is 0 Å². The highest BCUT2D eigenvalue weighted by Crippen LogP contribution is 2.18. The summed E-state index contributed by atoms with van der Waals surface area (Å²) in [6.07, 6.45) is 2.12. The second kappa shape index (κ2) is 3.43. The summed E-state index contributed by atoms with van der Waals surface area (Å²) in [4.78, 5) is 10.4. The molecule has 1 rings (SSSR count). The zero-order chi connectivity index (χ0) is 9.14. The summed E-state index contributed by atoms with van der Waals surface area (Å²) in [5, 5.41) is 8.56. The van der Waals surface area contributed by atoms with Crippen LogP contribution in [0.4, 0.5) is 0 Å². The lowest BCUT2D eigenvalue weighted by molar-refractivity contribution is -0.137. The number of rotatable bonds is 3. The van der Waals surface area contributed by atoms with Crippen molar-refractivity contribution in [2.75, 3.05) is 0 Å². The highest BCUT2D eigenvalue weighted by Gasteiger charge is 2.11. The molecule has 3 nitrogen and oxygen atoms in total. The van der Waals surface area contributed by atoms with E-state index in [0.29, 0.717) is 0 Å². The molecule has 12 heavy (non-hydrogen) atoms. The standard InChI is InChI=1S/C9H13NO2/c1-7(6-9(11)12)8-4-3-5-10(8)2/h3-5,7H,6H2,1-2H3,(H,11,12). The van der Waals surface area contributed by atoms with Crippen LogP contribution < -0.4 is 0 Å². The predicted octanol–water partition coefficient (Wildman–Crippen LogP) is 1.60. The number of hydrogen-bond donors (Lipinski definition) is 1. The Morgan fingerprint density at radius 3 is 2.83 bits per heavy atom. The summed E-state index contributed by atoms with van der Waals surface area (Å²) in [6.45, 7) is 1.92. The highest BCUT2D eigenvalue weighted by atomic mass is 16.4. The molecular weight excluding hydrogens is 154 g/mol. The van der Waals surface area contributed by atoms with E-state index in [-0.39, 0.29) is 12.3 Å². The first-order chi connectivity index (χ1) is 5.61. The molecule has 1 heterocycles. The molecule has 3 heteroatoms. The average Bonchev–Trinajstić information content (AvgIpc) is 2.33. The third-order valence-electron chi connectivity index (χ3n) is 1.97. The monoisotopic (exact) mass is 167 g/mol. The van der Waals surface area contributed by atoms with Crippen molar-refractivity contribution in [1.29, 1.82) is 0 Å². The smallest absolute Gasteiger partial charge is 0.304 e. The SMILES string of the molecule is CC(CC(=O)O)c1cccn1C. The normalized spacial score (nSPS) is 12.8. The minimum Gasteiger partial charge on any atom is -0.481 e. The Kier molecular flexibility index (Phi) is 2.53. The van der Waals surface area contributed by atoms with E-state index in [0.717, 1.165) is 5.69 Å². The average molecular weight is 167 g/mol. The number of nitrogens with zero attached hydrogens (tertiary/aromatic N) is 1. The maximum absolute atomic E-state index is 10.4. The van der Waals surface area contributed by atoms with Gasteiger partial charge >= 0.3 is 5.97 Å². The zero-order valence-corrected chi connectivity index (χ0v) is 7.32.